The van der Waals surface area contributed by atoms with Gasteiger partial charge in [-0.05, 0) is 24.6 Å². The highest BCUT2D eigenvalue weighted by molar-refractivity contribution is 7.18. The lowest BCUT2D eigenvalue weighted by Crippen LogP contribution is -2.25. The van der Waals surface area contributed by atoms with Crippen molar-refractivity contribution in [1.29, 1.82) is 0 Å². The van der Waals surface area contributed by atoms with Crippen LogP contribution in [-0.4, -0.2) is 22.2 Å². The van der Waals surface area contributed by atoms with Gasteiger partial charge in [-0.25, -0.2) is 9.78 Å². The maximum Gasteiger partial charge on any atom is 0.344 e. The maximum absolute atomic E-state index is 11.0. The first-order valence-corrected chi connectivity index (χ1v) is 7.12. The molecule has 1 aromatic heterocycles. The molecule has 0 amide bonds. The minimum atomic E-state index is -0.935. The number of carbonyl (C=O) groups is 1. The van der Waals surface area contributed by atoms with Crippen molar-refractivity contribution in [3.8, 4) is 5.75 Å². The molecule has 0 aliphatic rings. The van der Waals surface area contributed by atoms with E-state index < -0.39 is 12.1 Å². The van der Waals surface area contributed by atoms with Gasteiger partial charge in [0.05, 0.1) is 15.2 Å². The van der Waals surface area contributed by atoms with Gasteiger partial charge in [-0.15, -0.1) is 11.3 Å². The number of hydrogen-bond acceptors (Lipinski definition) is 4. The number of thiazole rings is 1. The van der Waals surface area contributed by atoms with Crippen LogP contribution in [0, 0.1) is 0 Å². The predicted octanol–water partition coefficient (Wildman–Crippen LogP) is 3.66. The van der Waals surface area contributed by atoms with Gasteiger partial charge in [0.25, 0.3) is 0 Å². The number of carboxylic acid groups (broad SMARTS) is 1. The second-order valence-corrected chi connectivity index (χ2v) is 5.75. The van der Waals surface area contributed by atoms with Gasteiger partial charge in [-0.3, -0.25) is 0 Å². The fourth-order valence-electron chi connectivity index (χ4n) is 1.72. The molecule has 4 nitrogen and oxygen atoms in total. The minimum Gasteiger partial charge on any atom is -0.479 e. The van der Waals surface area contributed by atoms with E-state index in [2.05, 4.69) is 18.8 Å². The van der Waals surface area contributed by atoms with E-state index >= 15 is 0 Å². The van der Waals surface area contributed by atoms with E-state index in [-0.39, 0.29) is 0 Å². The Balaban J connectivity index is 2.28. The Morgan fingerprint density at radius 3 is 2.79 bits per heavy atom. The van der Waals surface area contributed by atoms with Crippen molar-refractivity contribution in [1.82, 2.24) is 4.98 Å². The molecule has 5 heteroatoms. The number of carboxylic acids is 1. The van der Waals surface area contributed by atoms with Crippen LogP contribution in [0.4, 0.5) is 0 Å². The van der Waals surface area contributed by atoms with Crippen molar-refractivity contribution in [3.63, 3.8) is 0 Å². The summed E-state index contributed by atoms with van der Waals surface area (Å²) in [7, 11) is 0. The molecule has 0 fully saturated rings. The van der Waals surface area contributed by atoms with Crippen molar-refractivity contribution in [2.24, 2.45) is 0 Å². The highest BCUT2D eigenvalue weighted by atomic mass is 32.1. The number of hydrogen-bond donors (Lipinski definition) is 1. The SMILES string of the molecule is CCC(Oc1ccc2nc(C(C)C)sc2c1)C(=O)O. The van der Waals surface area contributed by atoms with Gasteiger partial charge in [0.2, 0.25) is 0 Å². The smallest absolute Gasteiger partial charge is 0.344 e. The molecule has 102 valence electrons. The van der Waals surface area contributed by atoms with Crippen LogP contribution in [0.3, 0.4) is 0 Å². The third-order valence-corrected chi connectivity index (χ3v) is 4.11. The summed E-state index contributed by atoms with van der Waals surface area (Å²) >= 11 is 1.62. The van der Waals surface area contributed by atoms with Gasteiger partial charge in [-0.2, -0.15) is 0 Å². The number of aliphatic carboxylic acids is 1. The predicted molar refractivity (Wildman–Crippen MR) is 76.1 cm³/mol. The molecule has 0 aliphatic heterocycles. The number of nitrogens with zero attached hydrogens (tertiary/aromatic N) is 1. The Bertz CT molecular complexity index is 591. The lowest BCUT2D eigenvalue weighted by molar-refractivity contribution is -0.145. The lowest BCUT2D eigenvalue weighted by Gasteiger charge is -2.12. The second kappa shape index (κ2) is 5.57. The zero-order chi connectivity index (χ0) is 14.0. The molecule has 0 bridgehead atoms. The van der Waals surface area contributed by atoms with Gasteiger partial charge in [0.1, 0.15) is 5.75 Å². The van der Waals surface area contributed by atoms with Crippen molar-refractivity contribution in [2.75, 3.05) is 0 Å². The van der Waals surface area contributed by atoms with Crippen LogP contribution in [0.2, 0.25) is 0 Å². The normalized spacial score (nSPS) is 12.8. The molecule has 1 aromatic carbocycles. The highest BCUT2D eigenvalue weighted by Gasteiger charge is 2.17. The first-order valence-electron chi connectivity index (χ1n) is 6.31. The van der Waals surface area contributed by atoms with E-state index in [1.165, 1.54) is 0 Å². The van der Waals surface area contributed by atoms with Crippen LogP contribution < -0.4 is 4.74 Å². The van der Waals surface area contributed by atoms with Crippen LogP contribution in [-0.2, 0) is 4.79 Å². The number of benzene rings is 1. The summed E-state index contributed by atoms with van der Waals surface area (Å²) in [5.41, 5.74) is 0.935. The van der Waals surface area contributed by atoms with Crippen LogP contribution in [0.25, 0.3) is 10.2 Å². The standard InChI is InChI=1S/C14H17NO3S/c1-4-11(14(16)17)18-9-5-6-10-12(7-9)19-13(15-10)8(2)3/h5-8,11H,4H2,1-3H3,(H,16,17). The van der Waals surface area contributed by atoms with Crippen molar-refractivity contribution in [3.05, 3.63) is 23.2 Å². The van der Waals surface area contributed by atoms with Crippen LogP contribution >= 0.6 is 11.3 Å². The topological polar surface area (TPSA) is 59.4 Å². The minimum absolute atomic E-state index is 0.393. The van der Waals surface area contributed by atoms with Gasteiger partial charge in [0, 0.05) is 5.92 Å². The Morgan fingerprint density at radius 2 is 2.21 bits per heavy atom. The van der Waals surface area contributed by atoms with Crippen LogP contribution in [0.5, 0.6) is 5.75 Å². The molecular weight excluding hydrogens is 262 g/mol. The Hall–Kier alpha value is -1.62. The van der Waals surface area contributed by atoms with Crippen LogP contribution in [0.15, 0.2) is 18.2 Å². The van der Waals surface area contributed by atoms with Gasteiger partial charge >= 0.3 is 5.97 Å². The molecule has 1 unspecified atom stereocenters. The average molecular weight is 279 g/mol. The monoisotopic (exact) mass is 279 g/mol. The largest absolute Gasteiger partial charge is 0.479 e. The quantitative estimate of drug-likeness (QED) is 0.907. The van der Waals surface area contributed by atoms with E-state index in [1.807, 2.05) is 12.1 Å². The number of rotatable bonds is 5. The zero-order valence-corrected chi connectivity index (χ0v) is 12.0. The molecule has 0 saturated carbocycles. The summed E-state index contributed by atoms with van der Waals surface area (Å²) in [5, 5.41) is 10.1. The molecule has 0 spiro atoms. The molecule has 0 aliphatic carbocycles. The molecule has 0 saturated heterocycles. The van der Waals surface area contributed by atoms with Crippen molar-refractivity contribution >= 4 is 27.5 Å². The Morgan fingerprint density at radius 1 is 1.47 bits per heavy atom. The summed E-state index contributed by atoms with van der Waals surface area (Å²) in [6.07, 6.45) is -0.359. The van der Waals surface area contributed by atoms with E-state index in [0.717, 1.165) is 15.2 Å². The summed E-state index contributed by atoms with van der Waals surface area (Å²) in [4.78, 5) is 15.5. The zero-order valence-electron chi connectivity index (χ0n) is 11.2. The Labute approximate surface area is 116 Å². The third kappa shape index (κ3) is 3.04. The first kappa shape index (κ1) is 13.8. The fraction of sp³-hybridized carbons (Fsp3) is 0.429. The summed E-state index contributed by atoms with van der Waals surface area (Å²) in [5.74, 6) is 0.0413. The average Bonchev–Trinajstić information content (AvgIpc) is 2.78. The van der Waals surface area contributed by atoms with Gasteiger partial charge in [-0.1, -0.05) is 20.8 Å². The summed E-state index contributed by atoms with van der Waals surface area (Å²) in [6, 6.07) is 5.52. The maximum atomic E-state index is 11.0. The highest BCUT2D eigenvalue weighted by Crippen LogP contribution is 2.30. The van der Waals surface area contributed by atoms with Crippen LogP contribution in [0.1, 0.15) is 38.1 Å². The second-order valence-electron chi connectivity index (χ2n) is 4.69. The van der Waals surface area contributed by atoms with Gasteiger partial charge < -0.3 is 9.84 Å². The van der Waals surface area contributed by atoms with E-state index in [4.69, 9.17) is 9.84 Å². The molecular formula is C14H17NO3S. The molecule has 2 aromatic rings. The van der Waals surface area contributed by atoms with Crippen molar-refractivity contribution in [2.45, 2.75) is 39.2 Å². The van der Waals surface area contributed by atoms with Crippen molar-refractivity contribution < 1.29 is 14.6 Å². The Kier molecular flexibility index (Phi) is 4.04. The third-order valence-electron chi connectivity index (χ3n) is 2.79. The number of aromatic nitrogens is 1. The molecule has 1 atom stereocenters. The molecule has 0 radical (unpaired) electrons. The molecule has 1 heterocycles. The lowest BCUT2D eigenvalue weighted by atomic mass is 10.2. The first-order chi connectivity index (χ1) is 9.01. The summed E-state index contributed by atoms with van der Waals surface area (Å²) in [6.45, 7) is 6.00. The van der Waals surface area contributed by atoms with Gasteiger partial charge in [0.15, 0.2) is 6.10 Å². The molecule has 2 rings (SSSR count). The molecule has 1 N–H and O–H groups in total. The van der Waals surface area contributed by atoms with E-state index in [0.29, 0.717) is 18.1 Å². The summed E-state index contributed by atoms with van der Waals surface area (Å²) < 4.78 is 6.51. The van der Waals surface area contributed by atoms with E-state index in [1.54, 1.807) is 24.3 Å². The molecule has 19 heavy (non-hydrogen) atoms. The fourth-order valence-corrected chi connectivity index (χ4v) is 2.71. The van der Waals surface area contributed by atoms with E-state index in [9.17, 15) is 4.79 Å². The number of fused-ring (bicyclic) bond motifs is 1. The number of ether oxygens (including phenoxy) is 1.